The highest BCUT2D eigenvalue weighted by Crippen LogP contribution is 2.22. The van der Waals surface area contributed by atoms with Crippen LogP contribution in [-0.2, 0) is 19.1 Å². The van der Waals surface area contributed by atoms with Gasteiger partial charge in [-0.2, -0.15) is 0 Å². The van der Waals surface area contributed by atoms with Crippen LogP contribution in [0.15, 0.2) is 29.5 Å². The van der Waals surface area contributed by atoms with Crippen LogP contribution in [0.25, 0.3) is 10.9 Å². The quantitative estimate of drug-likeness (QED) is 0.459. The standard InChI is InChI=1S/C17H19N3O4/c1-4-23-16(21)13(17(22)24-5-2)9-18-15-12-7-6-11(3)8-14(12)19-10-20-15/h6-10,13H,4-5H2,1-3H3. The van der Waals surface area contributed by atoms with Crippen molar-refractivity contribution in [2.75, 3.05) is 13.2 Å². The Hall–Kier alpha value is -2.83. The molecule has 0 amide bonds. The first-order valence-corrected chi connectivity index (χ1v) is 7.65. The molecule has 0 bridgehead atoms. The van der Waals surface area contributed by atoms with Crippen molar-refractivity contribution < 1.29 is 19.1 Å². The van der Waals surface area contributed by atoms with Gasteiger partial charge in [0.25, 0.3) is 0 Å². The molecule has 7 nitrogen and oxygen atoms in total. The van der Waals surface area contributed by atoms with Crippen molar-refractivity contribution in [3.8, 4) is 0 Å². The van der Waals surface area contributed by atoms with E-state index in [0.29, 0.717) is 5.82 Å². The third-order valence-electron chi connectivity index (χ3n) is 3.20. The highest BCUT2D eigenvalue weighted by Gasteiger charge is 2.27. The number of nitrogens with zero attached hydrogens (tertiary/aromatic N) is 3. The second kappa shape index (κ2) is 8.14. The van der Waals surface area contributed by atoms with Crippen LogP contribution in [-0.4, -0.2) is 41.3 Å². The van der Waals surface area contributed by atoms with Gasteiger partial charge in [0.05, 0.1) is 18.7 Å². The van der Waals surface area contributed by atoms with Gasteiger partial charge in [-0.3, -0.25) is 9.59 Å². The van der Waals surface area contributed by atoms with E-state index in [2.05, 4.69) is 15.0 Å². The van der Waals surface area contributed by atoms with Gasteiger partial charge in [0, 0.05) is 11.6 Å². The molecule has 0 aliphatic rings. The highest BCUT2D eigenvalue weighted by atomic mass is 16.6. The number of aromatic nitrogens is 2. The lowest BCUT2D eigenvalue weighted by Crippen LogP contribution is -2.29. The summed E-state index contributed by atoms with van der Waals surface area (Å²) < 4.78 is 9.80. The predicted octanol–water partition coefficient (Wildman–Crippen LogP) is 2.38. The average molecular weight is 329 g/mol. The molecule has 0 saturated heterocycles. The molecule has 0 radical (unpaired) electrons. The average Bonchev–Trinajstić information content (AvgIpc) is 2.55. The maximum atomic E-state index is 11.9. The van der Waals surface area contributed by atoms with Crippen molar-refractivity contribution in [1.82, 2.24) is 9.97 Å². The van der Waals surface area contributed by atoms with Crippen LogP contribution >= 0.6 is 0 Å². The predicted molar refractivity (Wildman–Crippen MR) is 89.2 cm³/mol. The number of aliphatic imine (C=N–C) groups is 1. The molecular weight excluding hydrogens is 310 g/mol. The summed E-state index contributed by atoms with van der Waals surface area (Å²) in [5.74, 6) is -2.25. The van der Waals surface area contributed by atoms with Crippen molar-refractivity contribution in [2.24, 2.45) is 10.9 Å². The molecule has 0 aliphatic carbocycles. The first kappa shape index (κ1) is 17.5. The van der Waals surface area contributed by atoms with Gasteiger partial charge in [-0.25, -0.2) is 15.0 Å². The number of hydrogen-bond acceptors (Lipinski definition) is 7. The number of fused-ring (bicyclic) bond motifs is 1. The van der Waals surface area contributed by atoms with Crippen LogP contribution in [0.1, 0.15) is 19.4 Å². The van der Waals surface area contributed by atoms with Crippen molar-refractivity contribution in [1.29, 1.82) is 0 Å². The molecule has 24 heavy (non-hydrogen) atoms. The van der Waals surface area contributed by atoms with Gasteiger partial charge in [0.15, 0.2) is 11.7 Å². The van der Waals surface area contributed by atoms with Gasteiger partial charge in [-0.1, -0.05) is 6.07 Å². The van der Waals surface area contributed by atoms with Crippen LogP contribution in [0.5, 0.6) is 0 Å². The van der Waals surface area contributed by atoms with E-state index in [4.69, 9.17) is 9.47 Å². The van der Waals surface area contributed by atoms with Gasteiger partial charge >= 0.3 is 11.9 Å². The van der Waals surface area contributed by atoms with Crippen molar-refractivity contribution in [3.63, 3.8) is 0 Å². The number of ether oxygens (including phenoxy) is 2. The Labute approximate surface area is 139 Å². The fraction of sp³-hybridized carbons (Fsp3) is 0.353. The first-order valence-electron chi connectivity index (χ1n) is 7.65. The topological polar surface area (TPSA) is 90.7 Å². The molecule has 0 fully saturated rings. The Morgan fingerprint density at radius 1 is 1.17 bits per heavy atom. The molecule has 1 aromatic carbocycles. The van der Waals surface area contributed by atoms with E-state index in [1.54, 1.807) is 13.8 Å². The van der Waals surface area contributed by atoms with E-state index in [0.717, 1.165) is 16.5 Å². The molecule has 0 atom stereocenters. The number of hydrogen-bond donors (Lipinski definition) is 0. The Bertz CT molecular complexity index is 756. The zero-order chi connectivity index (χ0) is 17.5. The molecule has 7 heteroatoms. The van der Waals surface area contributed by atoms with Gasteiger partial charge in [-0.05, 0) is 38.5 Å². The molecule has 0 saturated carbocycles. The Balaban J connectivity index is 2.34. The fourth-order valence-electron chi connectivity index (χ4n) is 2.08. The van der Waals surface area contributed by atoms with E-state index in [1.165, 1.54) is 12.5 Å². The zero-order valence-electron chi connectivity index (χ0n) is 13.9. The fourth-order valence-corrected chi connectivity index (χ4v) is 2.08. The monoisotopic (exact) mass is 329 g/mol. The van der Waals surface area contributed by atoms with E-state index in [-0.39, 0.29) is 13.2 Å². The Morgan fingerprint density at radius 2 is 1.83 bits per heavy atom. The van der Waals surface area contributed by atoms with Gasteiger partial charge < -0.3 is 9.47 Å². The summed E-state index contributed by atoms with van der Waals surface area (Å²) in [6.45, 7) is 5.62. The summed E-state index contributed by atoms with van der Waals surface area (Å²) >= 11 is 0. The molecule has 1 aromatic heterocycles. The second-order valence-corrected chi connectivity index (χ2v) is 4.98. The largest absolute Gasteiger partial charge is 0.465 e. The molecule has 2 rings (SSSR count). The minimum Gasteiger partial charge on any atom is -0.465 e. The number of aryl methyl sites for hydroxylation is 1. The number of benzene rings is 1. The number of carbonyl (C=O) groups excluding carboxylic acids is 2. The van der Waals surface area contributed by atoms with E-state index >= 15 is 0 Å². The Kier molecular flexibility index (Phi) is 5.95. The number of carbonyl (C=O) groups is 2. The molecule has 0 unspecified atom stereocenters. The summed E-state index contributed by atoms with van der Waals surface area (Å²) in [6.07, 6.45) is 2.59. The molecular formula is C17H19N3O4. The lowest BCUT2D eigenvalue weighted by molar-refractivity contribution is -0.157. The first-order chi connectivity index (χ1) is 11.6. The molecule has 0 N–H and O–H groups in total. The third-order valence-corrected chi connectivity index (χ3v) is 3.20. The third kappa shape index (κ3) is 4.13. The minimum atomic E-state index is -1.22. The normalized spacial score (nSPS) is 11.2. The van der Waals surface area contributed by atoms with Crippen LogP contribution in [0, 0.1) is 12.8 Å². The number of rotatable bonds is 6. The van der Waals surface area contributed by atoms with E-state index < -0.39 is 17.9 Å². The lowest BCUT2D eigenvalue weighted by atomic mass is 10.1. The Morgan fingerprint density at radius 3 is 2.46 bits per heavy atom. The molecule has 126 valence electrons. The van der Waals surface area contributed by atoms with Crippen LogP contribution < -0.4 is 0 Å². The summed E-state index contributed by atoms with van der Waals surface area (Å²) in [6, 6.07) is 5.67. The molecule has 2 aromatic rings. The van der Waals surface area contributed by atoms with Gasteiger partial charge in [-0.15, -0.1) is 0 Å². The van der Waals surface area contributed by atoms with Crippen molar-refractivity contribution in [3.05, 3.63) is 30.1 Å². The summed E-state index contributed by atoms with van der Waals surface area (Å²) in [4.78, 5) is 36.4. The SMILES string of the molecule is CCOC(=O)C(C=Nc1ncnc2cc(C)ccc12)C(=O)OCC. The summed E-state index contributed by atoms with van der Waals surface area (Å²) in [7, 11) is 0. The maximum Gasteiger partial charge on any atom is 0.325 e. The van der Waals surface area contributed by atoms with Crippen LogP contribution in [0.4, 0.5) is 5.82 Å². The maximum absolute atomic E-state index is 11.9. The minimum absolute atomic E-state index is 0.165. The number of esters is 2. The van der Waals surface area contributed by atoms with Gasteiger partial charge in [0.2, 0.25) is 0 Å². The van der Waals surface area contributed by atoms with Crippen LogP contribution in [0.3, 0.4) is 0 Å². The summed E-state index contributed by atoms with van der Waals surface area (Å²) in [5, 5.41) is 0.728. The van der Waals surface area contributed by atoms with Gasteiger partial charge in [0.1, 0.15) is 6.33 Å². The second-order valence-electron chi connectivity index (χ2n) is 4.98. The van der Waals surface area contributed by atoms with E-state index in [9.17, 15) is 9.59 Å². The van der Waals surface area contributed by atoms with Crippen molar-refractivity contribution in [2.45, 2.75) is 20.8 Å². The zero-order valence-corrected chi connectivity index (χ0v) is 13.9. The lowest BCUT2D eigenvalue weighted by Gasteiger charge is -2.10. The van der Waals surface area contributed by atoms with Crippen molar-refractivity contribution >= 4 is 34.9 Å². The molecule has 1 heterocycles. The van der Waals surface area contributed by atoms with E-state index in [1.807, 2.05) is 25.1 Å². The highest BCUT2D eigenvalue weighted by molar-refractivity contribution is 6.09. The molecule has 0 spiro atoms. The smallest absolute Gasteiger partial charge is 0.325 e. The van der Waals surface area contributed by atoms with Crippen LogP contribution in [0.2, 0.25) is 0 Å². The summed E-state index contributed by atoms with van der Waals surface area (Å²) in [5.41, 5.74) is 1.80. The molecule has 0 aliphatic heterocycles.